The Morgan fingerprint density at radius 3 is 2.65 bits per heavy atom. The number of nitrogens with two attached hydrogens (primary N) is 1. The van der Waals surface area contributed by atoms with Gasteiger partial charge in [0.2, 0.25) is 0 Å². The summed E-state index contributed by atoms with van der Waals surface area (Å²) in [6, 6.07) is 10.6. The highest BCUT2D eigenvalue weighted by Crippen LogP contribution is 2.30. The van der Waals surface area contributed by atoms with E-state index in [1.165, 1.54) is 49.5 Å². The molecular formula is C18H24N2. The highest BCUT2D eigenvalue weighted by molar-refractivity contribution is 5.78. The van der Waals surface area contributed by atoms with Gasteiger partial charge in [-0.1, -0.05) is 56.7 Å². The summed E-state index contributed by atoms with van der Waals surface area (Å²) in [5.41, 5.74) is 8.67. The minimum Gasteiger partial charge on any atom is -0.324 e. The van der Waals surface area contributed by atoms with E-state index >= 15 is 0 Å². The number of nitrogens with zero attached hydrogens (tertiary/aromatic N) is 1. The maximum Gasteiger partial charge on any atom is 0.0702 e. The fourth-order valence-electron chi connectivity index (χ4n) is 3.39. The molecular weight excluding hydrogens is 244 g/mol. The van der Waals surface area contributed by atoms with Crippen LogP contribution in [-0.2, 0) is 0 Å². The van der Waals surface area contributed by atoms with Crippen molar-refractivity contribution in [3.8, 4) is 0 Å². The second-order valence-electron chi connectivity index (χ2n) is 6.16. The van der Waals surface area contributed by atoms with E-state index in [1.54, 1.807) is 0 Å². The fraction of sp³-hybridized carbons (Fsp3) is 0.500. The van der Waals surface area contributed by atoms with E-state index in [4.69, 9.17) is 5.73 Å². The third kappa shape index (κ3) is 3.18. The molecule has 106 valence electrons. The molecule has 0 amide bonds. The Morgan fingerprint density at radius 2 is 1.85 bits per heavy atom. The van der Waals surface area contributed by atoms with Crippen molar-refractivity contribution < 1.29 is 0 Å². The topological polar surface area (TPSA) is 38.9 Å². The molecule has 1 fully saturated rings. The molecule has 1 aliphatic rings. The molecule has 1 atom stereocenters. The molecule has 0 spiro atoms. The lowest BCUT2D eigenvalue weighted by atomic mass is 9.90. The van der Waals surface area contributed by atoms with Gasteiger partial charge in [-0.05, 0) is 30.0 Å². The molecule has 0 saturated heterocycles. The van der Waals surface area contributed by atoms with Crippen molar-refractivity contribution in [3.63, 3.8) is 0 Å². The van der Waals surface area contributed by atoms with Crippen LogP contribution in [-0.4, -0.2) is 4.98 Å². The summed E-state index contributed by atoms with van der Waals surface area (Å²) in [7, 11) is 0. The summed E-state index contributed by atoms with van der Waals surface area (Å²) in [5.74, 6) is 0.805. The standard InChI is InChI=1S/C18H24N2/c19-17(11-14-7-3-1-2-4-8-14)16-12-15-9-5-6-10-18(15)20-13-16/h5-6,9-10,12-14,17H,1-4,7-8,11,19H2. The Hall–Kier alpha value is -1.41. The minimum absolute atomic E-state index is 0.134. The number of pyridine rings is 1. The van der Waals surface area contributed by atoms with Crippen LogP contribution in [0.15, 0.2) is 36.5 Å². The molecule has 3 rings (SSSR count). The molecule has 0 aliphatic heterocycles. The van der Waals surface area contributed by atoms with Crippen LogP contribution < -0.4 is 5.73 Å². The van der Waals surface area contributed by atoms with Gasteiger partial charge >= 0.3 is 0 Å². The lowest BCUT2D eigenvalue weighted by Crippen LogP contribution is -2.15. The van der Waals surface area contributed by atoms with Crippen LogP contribution in [0.4, 0.5) is 0 Å². The number of rotatable bonds is 3. The minimum atomic E-state index is 0.134. The molecule has 1 heterocycles. The molecule has 1 aliphatic carbocycles. The van der Waals surface area contributed by atoms with E-state index in [-0.39, 0.29) is 6.04 Å². The maximum atomic E-state index is 6.43. The monoisotopic (exact) mass is 268 g/mol. The van der Waals surface area contributed by atoms with E-state index in [0.717, 1.165) is 17.9 Å². The first-order valence-corrected chi connectivity index (χ1v) is 7.93. The van der Waals surface area contributed by atoms with Gasteiger partial charge in [-0.3, -0.25) is 4.98 Å². The predicted molar refractivity (Wildman–Crippen MR) is 84.5 cm³/mol. The summed E-state index contributed by atoms with van der Waals surface area (Å²) >= 11 is 0. The number of benzene rings is 1. The van der Waals surface area contributed by atoms with Crippen molar-refractivity contribution in [2.45, 2.75) is 51.0 Å². The van der Waals surface area contributed by atoms with E-state index < -0.39 is 0 Å². The first kappa shape index (κ1) is 13.6. The molecule has 20 heavy (non-hydrogen) atoms. The summed E-state index contributed by atoms with van der Waals surface area (Å²) in [6.45, 7) is 0. The summed E-state index contributed by atoms with van der Waals surface area (Å²) < 4.78 is 0. The lowest BCUT2D eigenvalue weighted by molar-refractivity contribution is 0.392. The quantitative estimate of drug-likeness (QED) is 0.826. The van der Waals surface area contributed by atoms with E-state index in [2.05, 4.69) is 29.2 Å². The van der Waals surface area contributed by atoms with Crippen LogP contribution in [0, 0.1) is 5.92 Å². The summed E-state index contributed by atoms with van der Waals surface area (Å²) in [6.07, 6.45) is 11.4. The highest BCUT2D eigenvalue weighted by Gasteiger charge is 2.17. The highest BCUT2D eigenvalue weighted by atomic mass is 14.7. The Balaban J connectivity index is 1.72. The van der Waals surface area contributed by atoms with Crippen LogP contribution in [0.3, 0.4) is 0 Å². The van der Waals surface area contributed by atoms with Crippen LogP contribution in [0.5, 0.6) is 0 Å². The van der Waals surface area contributed by atoms with Gasteiger partial charge < -0.3 is 5.73 Å². The van der Waals surface area contributed by atoms with Crippen molar-refractivity contribution in [3.05, 3.63) is 42.1 Å². The molecule has 2 aromatic rings. The molecule has 0 radical (unpaired) electrons. The van der Waals surface area contributed by atoms with E-state index in [1.807, 2.05) is 12.3 Å². The lowest BCUT2D eigenvalue weighted by Gasteiger charge is -2.19. The average Bonchev–Trinajstić information content (AvgIpc) is 2.75. The van der Waals surface area contributed by atoms with Crippen LogP contribution in [0.25, 0.3) is 10.9 Å². The van der Waals surface area contributed by atoms with Gasteiger partial charge in [0.1, 0.15) is 0 Å². The first-order valence-electron chi connectivity index (χ1n) is 7.93. The second-order valence-corrected chi connectivity index (χ2v) is 6.16. The Kier molecular flexibility index (Phi) is 4.31. The third-order valence-electron chi connectivity index (χ3n) is 4.60. The Bertz CT molecular complexity index is 556. The number of para-hydroxylation sites is 1. The van der Waals surface area contributed by atoms with E-state index in [0.29, 0.717) is 0 Å². The van der Waals surface area contributed by atoms with Crippen molar-refractivity contribution in [1.29, 1.82) is 0 Å². The zero-order chi connectivity index (χ0) is 13.8. The van der Waals surface area contributed by atoms with Crippen molar-refractivity contribution >= 4 is 10.9 Å². The number of fused-ring (bicyclic) bond motifs is 1. The molecule has 1 aromatic carbocycles. The molecule has 2 N–H and O–H groups in total. The maximum absolute atomic E-state index is 6.43. The number of aromatic nitrogens is 1. The van der Waals surface area contributed by atoms with Crippen molar-refractivity contribution in [1.82, 2.24) is 4.98 Å². The van der Waals surface area contributed by atoms with Crippen molar-refractivity contribution in [2.75, 3.05) is 0 Å². The van der Waals surface area contributed by atoms with Gasteiger partial charge in [-0.15, -0.1) is 0 Å². The average molecular weight is 268 g/mol. The second kappa shape index (κ2) is 6.36. The van der Waals surface area contributed by atoms with Crippen molar-refractivity contribution in [2.24, 2.45) is 11.7 Å². The van der Waals surface area contributed by atoms with Crippen LogP contribution >= 0.6 is 0 Å². The fourth-order valence-corrected chi connectivity index (χ4v) is 3.39. The largest absolute Gasteiger partial charge is 0.324 e. The molecule has 1 aromatic heterocycles. The van der Waals surface area contributed by atoms with Gasteiger partial charge in [-0.25, -0.2) is 0 Å². The molecule has 2 heteroatoms. The smallest absolute Gasteiger partial charge is 0.0702 e. The zero-order valence-corrected chi connectivity index (χ0v) is 12.1. The number of hydrogen-bond donors (Lipinski definition) is 1. The normalized spacial score (nSPS) is 18.9. The van der Waals surface area contributed by atoms with E-state index in [9.17, 15) is 0 Å². The third-order valence-corrected chi connectivity index (χ3v) is 4.60. The van der Waals surface area contributed by atoms with Crippen LogP contribution in [0.2, 0.25) is 0 Å². The van der Waals surface area contributed by atoms with Gasteiger partial charge in [0.25, 0.3) is 0 Å². The Morgan fingerprint density at radius 1 is 1.10 bits per heavy atom. The molecule has 0 bridgehead atoms. The van der Waals surface area contributed by atoms with Gasteiger partial charge in [0.15, 0.2) is 0 Å². The molecule has 1 saturated carbocycles. The molecule has 2 nitrogen and oxygen atoms in total. The SMILES string of the molecule is NC(CC1CCCCCC1)c1cnc2ccccc2c1. The zero-order valence-electron chi connectivity index (χ0n) is 12.1. The summed E-state index contributed by atoms with van der Waals surface area (Å²) in [5, 5.41) is 1.20. The Labute approximate surface area is 121 Å². The summed E-state index contributed by atoms with van der Waals surface area (Å²) in [4.78, 5) is 4.53. The van der Waals surface area contributed by atoms with Gasteiger partial charge in [-0.2, -0.15) is 0 Å². The van der Waals surface area contributed by atoms with Crippen LogP contribution in [0.1, 0.15) is 56.6 Å². The molecule has 1 unspecified atom stereocenters. The predicted octanol–water partition coefficient (Wildman–Crippen LogP) is 4.60. The number of hydrogen-bond acceptors (Lipinski definition) is 2. The first-order chi connectivity index (χ1) is 9.83. The van der Waals surface area contributed by atoms with Gasteiger partial charge in [0.05, 0.1) is 5.52 Å². The van der Waals surface area contributed by atoms with Gasteiger partial charge in [0, 0.05) is 17.6 Å².